The Morgan fingerprint density at radius 1 is 1.09 bits per heavy atom. The Hall–Kier alpha value is -5.09. The lowest BCUT2D eigenvalue weighted by molar-refractivity contribution is -0.274. The number of amides is 2. The average Bonchev–Trinajstić information content (AvgIpc) is 3.49. The third-order valence-electron chi connectivity index (χ3n) is 6.64. The number of urea groups is 1. The summed E-state index contributed by atoms with van der Waals surface area (Å²) in [6, 6.07) is 19.7. The zero-order chi connectivity index (χ0) is 31.3. The molecule has 5 rings (SSSR count). The van der Waals surface area contributed by atoms with E-state index in [9.17, 15) is 23.2 Å². The predicted molar refractivity (Wildman–Crippen MR) is 163 cm³/mol. The Labute approximate surface area is 255 Å². The van der Waals surface area contributed by atoms with E-state index in [1.165, 1.54) is 53.2 Å². The molecular weight excluding hydrogens is 591 g/mol. The monoisotopic (exact) mass is 617 g/mol. The van der Waals surface area contributed by atoms with Crippen molar-refractivity contribution in [2.45, 2.75) is 26.6 Å². The van der Waals surface area contributed by atoms with Crippen molar-refractivity contribution in [3.05, 3.63) is 95.9 Å². The molecule has 1 aromatic heterocycles. The van der Waals surface area contributed by atoms with Crippen LogP contribution >= 0.6 is 11.8 Å². The number of para-hydroxylation sites is 1. The van der Waals surface area contributed by atoms with Gasteiger partial charge in [0.1, 0.15) is 18.1 Å². The fourth-order valence-electron chi connectivity index (χ4n) is 4.64. The van der Waals surface area contributed by atoms with Crippen molar-refractivity contribution in [2.24, 2.45) is 4.99 Å². The number of aryl methyl sites for hydroxylation is 2. The van der Waals surface area contributed by atoms with Gasteiger partial charge >= 0.3 is 12.4 Å². The van der Waals surface area contributed by atoms with Crippen molar-refractivity contribution in [2.75, 3.05) is 17.2 Å². The van der Waals surface area contributed by atoms with Gasteiger partial charge in [-0.15, -0.1) is 18.3 Å². The van der Waals surface area contributed by atoms with Gasteiger partial charge in [0.15, 0.2) is 11.0 Å². The molecule has 1 saturated heterocycles. The van der Waals surface area contributed by atoms with Crippen molar-refractivity contribution >= 4 is 34.2 Å². The molecule has 1 N–H and O–H groups in total. The zero-order valence-electron chi connectivity index (χ0n) is 23.7. The molecule has 1 aliphatic rings. The first-order valence-electron chi connectivity index (χ1n) is 13.5. The molecule has 3 aromatic carbocycles. The van der Waals surface area contributed by atoms with Crippen LogP contribution in [0.4, 0.5) is 23.7 Å². The number of carbonyl (C=O) groups is 1. The predicted octanol–water partition coefficient (Wildman–Crippen LogP) is 7.02. The van der Waals surface area contributed by atoms with Gasteiger partial charge in [0.2, 0.25) is 0 Å². The minimum Gasteiger partial charge on any atom is -0.406 e. The van der Waals surface area contributed by atoms with E-state index in [1.54, 1.807) is 24.3 Å². The number of amidine groups is 1. The summed E-state index contributed by atoms with van der Waals surface area (Å²) in [5.41, 5.74) is 5.19. The average molecular weight is 618 g/mol. The summed E-state index contributed by atoms with van der Waals surface area (Å²) in [6.07, 6.45) is -1.03. The number of anilines is 1. The van der Waals surface area contributed by atoms with Crippen LogP contribution in [0.5, 0.6) is 5.75 Å². The molecule has 0 spiro atoms. The van der Waals surface area contributed by atoms with Gasteiger partial charge in [-0.1, -0.05) is 54.2 Å². The Kier molecular flexibility index (Phi) is 9.01. The Bertz CT molecular complexity index is 1740. The van der Waals surface area contributed by atoms with Crippen LogP contribution in [0.1, 0.15) is 23.1 Å². The van der Waals surface area contributed by atoms with Gasteiger partial charge in [0, 0.05) is 29.7 Å². The Morgan fingerprint density at radius 2 is 1.80 bits per heavy atom. The lowest BCUT2D eigenvalue weighted by Gasteiger charge is -2.31. The van der Waals surface area contributed by atoms with Crippen molar-refractivity contribution in [3.63, 3.8) is 0 Å². The van der Waals surface area contributed by atoms with Gasteiger partial charge in [-0.2, -0.15) is 10.3 Å². The highest BCUT2D eigenvalue weighted by Gasteiger charge is 2.31. The zero-order valence-corrected chi connectivity index (χ0v) is 24.5. The standard InChI is InChI=1S/C31H26F3N7O2S/c1-20-5-3-6-21(2)27(20)40-15-4-16-44-30(40)38-29(42)36-18-24(17-35)22-7-9-23(10-8-22)28-37-19-41(39-28)25-11-13-26(14-12-25)43-31(32,33)34/h3,5-14,18-19H,4,15-16H2,1-2H3,(H,36,42)/b24-18+,38-30-. The van der Waals surface area contributed by atoms with Crippen LogP contribution in [0.2, 0.25) is 0 Å². The maximum Gasteiger partial charge on any atom is 0.573 e. The number of nitriles is 1. The number of allylic oxidation sites excluding steroid dienone is 1. The molecule has 13 heteroatoms. The number of hydrogen-bond donors (Lipinski definition) is 1. The minimum atomic E-state index is -4.77. The molecule has 0 saturated carbocycles. The molecular formula is C31H26F3N7O2S. The smallest absolute Gasteiger partial charge is 0.406 e. The number of nitrogens with one attached hydrogen (secondary N) is 1. The number of ether oxygens (including phenoxy) is 1. The summed E-state index contributed by atoms with van der Waals surface area (Å²) in [4.78, 5) is 23.4. The SMILES string of the molecule is Cc1cccc(C)c1N1CCCS/C1=N\C(=O)N/C=C(\C#N)c1ccc(-c2ncn(-c3ccc(OC(F)(F)F)cc3)n2)cc1. The lowest BCUT2D eigenvalue weighted by atomic mass is 10.1. The summed E-state index contributed by atoms with van der Waals surface area (Å²) in [5, 5.41) is 17.4. The second-order valence-corrected chi connectivity index (χ2v) is 10.8. The van der Waals surface area contributed by atoms with Gasteiger partial charge in [-0.25, -0.2) is 14.5 Å². The summed E-state index contributed by atoms with van der Waals surface area (Å²) >= 11 is 1.52. The molecule has 1 aliphatic heterocycles. The molecule has 0 unspecified atom stereocenters. The van der Waals surface area contributed by atoms with Crippen LogP contribution in [0.15, 0.2) is 84.2 Å². The fraction of sp³-hybridized carbons (Fsp3) is 0.194. The van der Waals surface area contributed by atoms with Crippen LogP contribution in [-0.2, 0) is 0 Å². The van der Waals surface area contributed by atoms with Crippen molar-refractivity contribution in [3.8, 4) is 28.9 Å². The first-order chi connectivity index (χ1) is 21.1. The largest absolute Gasteiger partial charge is 0.573 e. The van der Waals surface area contributed by atoms with Crippen LogP contribution in [0, 0.1) is 25.2 Å². The van der Waals surface area contributed by atoms with E-state index in [-0.39, 0.29) is 11.3 Å². The molecule has 2 heterocycles. The number of aliphatic imine (C=N–C) groups is 1. The van der Waals surface area contributed by atoms with E-state index in [2.05, 4.69) is 36.1 Å². The molecule has 9 nitrogen and oxygen atoms in total. The first kappa shape index (κ1) is 30.4. The fourth-order valence-corrected chi connectivity index (χ4v) is 5.59. The quantitative estimate of drug-likeness (QED) is 0.232. The summed E-state index contributed by atoms with van der Waals surface area (Å²) in [6.45, 7) is 4.83. The Morgan fingerprint density at radius 3 is 2.45 bits per heavy atom. The van der Waals surface area contributed by atoms with Crippen LogP contribution in [0.3, 0.4) is 0 Å². The molecule has 0 atom stereocenters. The van der Waals surface area contributed by atoms with Crippen LogP contribution in [-0.4, -0.2) is 44.6 Å². The molecule has 1 fully saturated rings. The van der Waals surface area contributed by atoms with Gasteiger partial charge in [0.25, 0.3) is 0 Å². The van der Waals surface area contributed by atoms with E-state index in [4.69, 9.17) is 0 Å². The van der Waals surface area contributed by atoms with E-state index in [0.29, 0.717) is 27.8 Å². The van der Waals surface area contributed by atoms with Crippen LogP contribution in [0.25, 0.3) is 22.6 Å². The summed E-state index contributed by atoms with van der Waals surface area (Å²) in [7, 11) is 0. The van der Waals surface area contributed by atoms with Gasteiger partial charge in [0.05, 0.1) is 11.3 Å². The number of thioether (sulfide) groups is 1. The topological polar surface area (TPSA) is 108 Å². The number of rotatable bonds is 6. The summed E-state index contributed by atoms with van der Waals surface area (Å²) < 4.78 is 42.6. The van der Waals surface area contributed by atoms with Crippen molar-refractivity contribution in [1.82, 2.24) is 20.1 Å². The second-order valence-electron chi connectivity index (χ2n) is 9.74. The van der Waals surface area contributed by atoms with Gasteiger partial charge in [-0.05, 0) is 61.2 Å². The number of carbonyl (C=O) groups excluding carboxylic acids is 1. The normalized spacial score (nSPS) is 14.8. The van der Waals surface area contributed by atoms with E-state index >= 15 is 0 Å². The third kappa shape index (κ3) is 7.27. The maximum atomic E-state index is 12.8. The number of benzene rings is 3. The molecule has 0 bridgehead atoms. The van der Waals surface area contributed by atoms with Crippen LogP contribution < -0.4 is 15.0 Å². The van der Waals surface area contributed by atoms with E-state index in [0.717, 1.165) is 35.5 Å². The molecule has 44 heavy (non-hydrogen) atoms. The molecule has 2 amide bonds. The minimum absolute atomic E-state index is 0.229. The van der Waals surface area contributed by atoms with E-state index < -0.39 is 12.4 Å². The highest BCUT2D eigenvalue weighted by Crippen LogP contribution is 2.31. The number of nitrogens with zero attached hydrogens (tertiary/aromatic N) is 6. The number of hydrogen-bond acceptors (Lipinski definition) is 6. The lowest BCUT2D eigenvalue weighted by Crippen LogP contribution is -2.36. The van der Waals surface area contributed by atoms with E-state index in [1.807, 2.05) is 32.0 Å². The second kappa shape index (κ2) is 13.0. The number of alkyl halides is 3. The maximum absolute atomic E-state index is 12.8. The highest BCUT2D eigenvalue weighted by molar-refractivity contribution is 8.14. The molecule has 0 aliphatic carbocycles. The molecule has 4 aromatic rings. The van der Waals surface area contributed by atoms with Gasteiger partial charge < -0.3 is 15.0 Å². The van der Waals surface area contributed by atoms with Crippen molar-refractivity contribution < 1.29 is 22.7 Å². The van der Waals surface area contributed by atoms with Crippen molar-refractivity contribution in [1.29, 1.82) is 5.26 Å². The molecule has 0 radical (unpaired) electrons. The highest BCUT2D eigenvalue weighted by atomic mass is 32.2. The van der Waals surface area contributed by atoms with Gasteiger partial charge in [-0.3, -0.25) is 0 Å². The Balaban J connectivity index is 1.26. The summed E-state index contributed by atoms with van der Waals surface area (Å²) in [5.74, 6) is 0.890. The third-order valence-corrected chi connectivity index (χ3v) is 7.70. The first-order valence-corrected chi connectivity index (χ1v) is 14.4. The molecule has 224 valence electrons. The number of aromatic nitrogens is 3. The number of halogens is 3.